The topological polar surface area (TPSA) is 119 Å². The van der Waals surface area contributed by atoms with Gasteiger partial charge in [-0.1, -0.05) is 54.6 Å². The number of nitrogens with zero attached hydrogens (tertiary/aromatic N) is 2. The molecule has 1 aliphatic heterocycles. The molecule has 1 saturated heterocycles. The molecule has 0 radical (unpaired) electrons. The van der Waals surface area contributed by atoms with Gasteiger partial charge in [-0.3, -0.25) is 10.1 Å². The van der Waals surface area contributed by atoms with Crippen LogP contribution in [0.15, 0.2) is 54.6 Å². The average Bonchev–Trinajstić information content (AvgIpc) is 2.74. The first-order valence-electron chi connectivity index (χ1n) is 11.0. The maximum absolute atomic E-state index is 13.0. The van der Waals surface area contributed by atoms with E-state index in [0.29, 0.717) is 12.8 Å². The minimum Gasteiger partial charge on any atom is -0.598 e. The second kappa shape index (κ2) is 10.1. The number of hydrogen-bond donors (Lipinski definition) is 2. The number of likely N-dealkylation sites (tertiary alicyclic amines) is 1. The van der Waals surface area contributed by atoms with Gasteiger partial charge < -0.3 is 14.6 Å². The molecule has 2 N–H and O–H groups in total. The molecule has 0 aliphatic carbocycles. The fourth-order valence-electron chi connectivity index (χ4n) is 4.36. The van der Waals surface area contributed by atoms with E-state index in [9.17, 15) is 24.6 Å². The van der Waals surface area contributed by atoms with Gasteiger partial charge >= 0.3 is 6.09 Å². The molecule has 1 fully saturated rings. The van der Waals surface area contributed by atoms with E-state index in [1.54, 1.807) is 20.8 Å². The van der Waals surface area contributed by atoms with Crippen LogP contribution < -0.4 is 4.72 Å². The molecule has 1 heterocycles. The Hall–Kier alpha value is -2.62. The second-order valence-corrected chi connectivity index (χ2v) is 11.5. The van der Waals surface area contributed by atoms with Crippen molar-refractivity contribution in [2.75, 3.05) is 13.1 Å². The molecule has 0 saturated carbocycles. The molecule has 3 rings (SSSR count). The van der Waals surface area contributed by atoms with Gasteiger partial charge in [0, 0.05) is 22.8 Å². The zero-order chi connectivity index (χ0) is 24.2. The van der Waals surface area contributed by atoms with E-state index in [-0.39, 0.29) is 13.0 Å². The fraction of sp³-hybridized carbons (Fsp3) is 0.458. The van der Waals surface area contributed by atoms with Gasteiger partial charge in [-0.05, 0) is 56.7 Å². The van der Waals surface area contributed by atoms with Crippen molar-refractivity contribution < 1.29 is 19.4 Å². The van der Waals surface area contributed by atoms with Crippen LogP contribution in [0.5, 0.6) is 0 Å². The molecule has 2 aromatic rings. The van der Waals surface area contributed by atoms with Crippen LogP contribution in [-0.4, -0.2) is 55.0 Å². The number of piperidine rings is 1. The quantitative estimate of drug-likeness (QED) is 0.355. The van der Waals surface area contributed by atoms with E-state index in [1.807, 2.05) is 54.6 Å². The van der Waals surface area contributed by atoms with Crippen molar-refractivity contribution in [2.45, 2.75) is 56.4 Å². The van der Waals surface area contributed by atoms with Crippen molar-refractivity contribution in [1.29, 1.82) is 0 Å². The largest absolute Gasteiger partial charge is 0.598 e. The number of rotatable bonds is 7. The third-order valence-corrected chi connectivity index (χ3v) is 7.71. The average molecular weight is 474 g/mol. The summed E-state index contributed by atoms with van der Waals surface area (Å²) >= 11 is -1.61. The van der Waals surface area contributed by atoms with Crippen LogP contribution in [0, 0.1) is 10.1 Å². The zero-order valence-electron chi connectivity index (χ0n) is 19.2. The van der Waals surface area contributed by atoms with E-state index >= 15 is 0 Å². The Morgan fingerprint density at radius 2 is 1.88 bits per heavy atom. The van der Waals surface area contributed by atoms with Crippen molar-refractivity contribution in [3.05, 3.63) is 70.3 Å². The van der Waals surface area contributed by atoms with E-state index in [0.717, 1.165) is 16.7 Å². The molecule has 0 bridgehead atoms. The number of carbonyl (C=O) groups is 1. The molecule has 9 heteroatoms. The predicted octanol–water partition coefficient (Wildman–Crippen LogP) is 4.11. The Balaban J connectivity index is 2.02. The summed E-state index contributed by atoms with van der Waals surface area (Å²) in [6.07, 6.45) is -0.0396. The van der Waals surface area contributed by atoms with Crippen LogP contribution in [0.4, 0.5) is 4.79 Å². The first kappa shape index (κ1) is 25.0. The third-order valence-electron chi connectivity index (χ3n) is 6.01. The predicted molar refractivity (Wildman–Crippen MR) is 129 cm³/mol. The molecule has 3 atom stereocenters. The van der Waals surface area contributed by atoms with Gasteiger partial charge in [0.2, 0.25) is 6.54 Å². The molecule has 1 unspecified atom stereocenters. The molecule has 8 nitrogen and oxygen atoms in total. The van der Waals surface area contributed by atoms with Crippen molar-refractivity contribution in [2.24, 2.45) is 0 Å². The maximum Gasteiger partial charge on any atom is 0.407 e. The van der Waals surface area contributed by atoms with Crippen molar-refractivity contribution in [3.63, 3.8) is 0 Å². The summed E-state index contributed by atoms with van der Waals surface area (Å²) in [7, 11) is 0. The van der Waals surface area contributed by atoms with Crippen LogP contribution in [-0.2, 0) is 17.8 Å². The smallest absolute Gasteiger partial charge is 0.407 e. The second-order valence-electron chi connectivity index (χ2n) is 9.50. The van der Waals surface area contributed by atoms with Crippen LogP contribution in [0.2, 0.25) is 0 Å². The number of nitro groups is 1. The number of hydrogen-bond acceptors (Lipinski definition) is 5. The van der Waals surface area contributed by atoms with Crippen molar-refractivity contribution in [1.82, 2.24) is 9.62 Å². The minimum atomic E-state index is -1.61. The molecule has 0 spiro atoms. The molecule has 1 amide bonds. The van der Waals surface area contributed by atoms with Crippen molar-refractivity contribution in [3.8, 4) is 11.1 Å². The summed E-state index contributed by atoms with van der Waals surface area (Å²) in [6, 6.07) is 16.8. The van der Waals surface area contributed by atoms with Gasteiger partial charge in [0.25, 0.3) is 0 Å². The van der Waals surface area contributed by atoms with Gasteiger partial charge in [0.1, 0.15) is 10.3 Å². The van der Waals surface area contributed by atoms with Gasteiger partial charge in [0.15, 0.2) is 0 Å². The highest BCUT2D eigenvalue weighted by Gasteiger charge is 2.54. The standard InChI is InChI=1S/C24H31N3O5S/c1-23(2,3)33(32)25-24(17-27(30)31)13-8-14-26(22(28)29)21(24)16-18-9-7-12-20(15-18)19-10-5-4-6-11-19/h4-7,9-12,15,21,25H,8,13-14,16-17H2,1-3H3,(H,28,29)/t21-,24-,33?/m1/s1. The van der Waals surface area contributed by atoms with Gasteiger partial charge in [0.05, 0.1) is 6.04 Å². The Morgan fingerprint density at radius 1 is 1.21 bits per heavy atom. The summed E-state index contributed by atoms with van der Waals surface area (Å²) in [5, 5.41) is 21.7. The Morgan fingerprint density at radius 3 is 2.48 bits per heavy atom. The van der Waals surface area contributed by atoms with E-state index in [1.165, 1.54) is 4.90 Å². The molecular formula is C24H31N3O5S. The van der Waals surface area contributed by atoms with Crippen molar-refractivity contribution >= 4 is 17.5 Å². The summed E-state index contributed by atoms with van der Waals surface area (Å²) in [6.45, 7) is 5.12. The van der Waals surface area contributed by atoms with Gasteiger partial charge in [-0.2, -0.15) is 0 Å². The number of carboxylic acid groups (broad SMARTS) is 1. The number of amides is 1. The van der Waals surface area contributed by atoms with Gasteiger partial charge in [-0.25, -0.2) is 4.79 Å². The molecule has 2 aromatic carbocycles. The lowest BCUT2D eigenvalue weighted by Gasteiger charge is -2.47. The summed E-state index contributed by atoms with van der Waals surface area (Å²) in [5.41, 5.74) is 1.63. The normalized spacial score (nSPS) is 22.1. The number of benzene rings is 2. The SMILES string of the molecule is CC(C)(C)[S+]([O-])N[C@@]1(C[N+](=O)[O-])CCCN(C(=O)O)[C@@H]1Cc1cccc(-c2ccccc2)c1. The maximum atomic E-state index is 13.0. The summed E-state index contributed by atoms with van der Waals surface area (Å²) in [4.78, 5) is 24.7. The highest BCUT2D eigenvalue weighted by atomic mass is 32.2. The first-order chi connectivity index (χ1) is 15.5. The van der Waals surface area contributed by atoms with Gasteiger partial charge in [-0.15, -0.1) is 4.72 Å². The zero-order valence-corrected chi connectivity index (χ0v) is 20.0. The first-order valence-corrected chi connectivity index (χ1v) is 12.1. The number of nitrogens with one attached hydrogen (secondary N) is 1. The van der Waals surface area contributed by atoms with Crippen LogP contribution in [0.1, 0.15) is 39.2 Å². The lowest BCUT2D eigenvalue weighted by atomic mass is 9.78. The fourth-order valence-corrected chi connectivity index (χ4v) is 5.33. The lowest BCUT2D eigenvalue weighted by Crippen LogP contribution is -2.70. The monoisotopic (exact) mass is 473 g/mol. The minimum absolute atomic E-state index is 0.273. The summed E-state index contributed by atoms with van der Waals surface area (Å²) < 4.78 is 15.4. The Kier molecular flexibility index (Phi) is 7.66. The summed E-state index contributed by atoms with van der Waals surface area (Å²) in [5.74, 6) is 0. The van der Waals surface area contributed by atoms with E-state index < -0.39 is 45.3 Å². The van der Waals surface area contributed by atoms with E-state index in [4.69, 9.17) is 0 Å². The molecule has 33 heavy (non-hydrogen) atoms. The highest BCUT2D eigenvalue weighted by Crippen LogP contribution is 2.34. The van der Waals surface area contributed by atoms with Crippen LogP contribution in [0.3, 0.4) is 0 Å². The lowest BCUT2D eigenvalue weighted by molar-refractivity contribution is -0.492. The van der Waals surface area contributed by atoms with Crippen LogP contribution >= 0.6 is 0 Å². The molecule has 0 aromatic heterocycles. The molecule has 1 aliphatic rings. The molecule has 178 valence electrons. The Labute approximate surface area is 197 Å². The van der Waals surface area contributed by atoms with Crippen LogP contribution in [0.25, 0.3) is 11.1 Å². The Bertz CT molecular complexity index is 982. The molecular weight excluding hydrogens is 442 g/mol. The highest BCUT2D eigenvalue weighted by molar-refractivity contribution is 7.90. The van der Waals surface area contributed by atoms with E-state index in [2.05, 4.69) is 4.72 Å². The third kappa shape index (κ3) is 6.04.